The Kier molecular flexibility index (Phi) is 68.4. The highest BCUT2D eigenvalue weighted by molar-refractivity contribution is 7.47. The van der Waals surface area contributed by atoms with E-state index in [-0.39, 0.29) is 25.7 Å². The minimum Gasteiger partial charge on any atom is -0.462 e. The van der Waals surface area contributed by atoms with Gasteiger partial charge in [0.25, 0.3) is 0 Å². The van der Waals surface area contributed by atoms with Crippen molar-refractivity contribution in [3.05, 3.63) is 0 Å². The lowest BCUT2D eigenvalue weighted by Gasteiger charge is -2.21. The summed E-state index contributed by atoms with van der Waals surface area (Å²) >= 11 is 0. The zero-order valence-electron chi connectivity index (χ0n) is 63.4. The van der Waals surface area contributed by atoms with Gasteiger partial charge >= 0.3 is 39.5 Å². The first-order valence-corrected chi connectivity index (χ1v) is 43.5. The fraction of sp³-hybridized carbons (Fsp3) is 0.949. The molecule has 0 saturated carbocycles. The Morgan fingerprint density at radius 2 is 0.526 bits per heavy atom. The van der Waals surface area contributed by atoms with Crippen molar-refractivity contribution in [3.8, 4) is 0 Å². The summed E-state index contributed by atoms with van der Waals surface area (Å²) in [7, 11) is -9.91. The number of aliphatic hydroxyl groups excluding tert-OH is 1. The van der Waals surface area contributed by atoms with E-state index in [1.54, 1.807) is 0 Å². The number of aliphatic hydroxyl groups is 1. The molecule has 0 fully saturated rings. The van der Waals surface area contributed by atoms with Gasteiger partial charge in [0.1, 0.15) is 19.3 Å². The highest BCUT2D eigenvalue weighted by Crippen LogP contribution is 2.45. The molecule has 6 atom stereocenters. The van der Waals surface area contributed by atoms with Crippen LogP contribution in [0, 0.1) is 11.8 Å². The number of rotatable bonds is 77. The topological polar surface area (TPSA) is 237 Å². The van der Waals surface area contributed by atoms with E-state index in [2.05, 4.69) is 41.5 Å². The average molecular weight is 1420 g/mol. The Hall–Kier alpha value is -1.94. The summed E-state index contributed by atoms with van der Waals surface area (Å²) in [6, 6.07) is 0. The maximum Gasteiger partial charge on any atom is 0.472 e. The van der Waals surface area contributed by atoms with Crippen LogP contribution >= 0.6 is 15.6 Å². The smallest absolute Gasteiger partial charge is 0.462 e. The molecule has 0 aromatic rings. The van der Waals surface area contributed by atoms with Gasteiger partial charge in [-0.25, -0.2) is 9.13 Å². The standard InChI is InChI=1S/C78H152O17P2/c1-7-10-12-14-16-18-20-22-23-24-25-26-27-28-29-30-32-34-38-42-50-56-62-77(82)94-73(66-88-75(80)60-54-48-41-37-33-31-21-19-17-15-13-11-8-2)68-92-96(84,85)90-64-72(79)65-91-97(86,87)93-69-74(67-89-76(81)61-55-49-45-44-47-53-59-71(6)9-3)95-78(83)63-57-51-43-39-35-36-40-46-52-58-70(4)5/h70-74,79H,7-69H2,1-6H3,(H,84,85)(H,86,87)/t71?,72-,73-,74-/m1/s1. The van der Waals surface area contributed by atoms with Gasteiger partial charge in [0.05, 0.1) is 26.4 Å². The first-order chi connectivity index (χ1) is 46.9. The van der Waals surface area contributed by atoms with E-state index in [0.29, 0.717) is 25.7 Å². The monoisotopic (exact) mass is 1420 g/mol. The van der Waals surface area contributed by atoms with Crippen LogP contribution in [0.25, 0.3) is 0 Å². The number of carbonyl (C=O) groups excluding carboxylic acids is 4. The number of phosphoric ester groups is 2. The molecule has 0 amide bonds. The Bertz CT molecular complexity index is 1870. The van der Waals surface area contributed by atoms with Crippen molar-refractivity contribution >= 4 is 39.5 Å². The number of phosphoric acid groups is 2. The van der Waals surface area contributed by atoms with Gasteiger partial charge in [-0.15, -0.1) is 0 Å². The predicted octanol–water partition coefficient (Wildman–Crippen LogP) is 23.1. The van der Waals surface area contributed by atoms with E-state index >= 15 is 0 Å². The summed E-state index contributed by atoms with van der Waals surface area (Å²) in [5, 5.41) is 10.6. The molecule has 3 unspecified atom stereocenters. The minimum atomic E-state index is -4.96. The number of hydrogen-bond acceptors (Lipinski definition) is 15. The van der Waals surface area contributed by atoms with Crippen LogP contribution in [0.2, 0.25) is 0 Å². The average Bonchev–Trinajstić information content (AvgIpc) is 2.26. The third-order valence-corrected chi connectivity index (χ3v) is 20.5. The molecule has 0 radical (unpaired) electrons. The summed E-state index contributed by atoms with van der Waals surface area (Å²) in [6.45, 7) is 9.54. The molecule has 3 N–H and O–H groups in total. The predicted molar refractivity (Wildman–Crippen MR) is 395 cm³/mol. The third kappa shape index (κ3) is 70.9. The molecule has 97 heavy (non-hydrogen) atoms. The van der Waals surface area contributed by atoms with Gasteiger partial charge in [-0.1, -0.05) is 356 Å². The van der Waals surface area contributed by atoms with Gasteiger partial charge in [-0.05, 0) is 37.5 Å². The van der Waals surface area contributed by atoms with Crippen LogP contribution in [0.5, 0.6) is 0 Å². The second kappa shape index (κ2) is 69.8. The SMILES string of the molecule is CCCCCCCCCCCCCCCCCCCCCCCCC(=O)O[C@H](COC(=O)CCCCCCCCCCCCCCC)COP(=O)(O)OC[C@@H](O)COP(=O)(O)OC[C@@H](COC(=O)CCCCCCCCC(C)CC)OC(=O)CCCCCCCCCCCC(C)C. The van der Waals surface area contributed by atoms with Crippen LogP contribution in [0.4, 0.5) is 0 Å². The molecule has 0 aromatic heterocycles. The van der Waals surface area contributed by atoms with Crippen molar-refractivity contribution in [2.24, 2.45) is 11.8 Å². The molecule has 0 aliphatic heterocycles. The van der Waals surface area contributed by atoms with Crippen LogP contribution in [0.1, 0.15) is 408 Å². The lowest BCUT2D eigenvalue weighted by molar-refractivity contribution is -0.161. The van der Waals surface area contributed by atoms with Crippen molar-refractivity contribution in [2.75, 3.05) is 39.6 Å². The molecule has 0 spiro atoms. The molecule has 0 aliphatic rings. The molecule has 0 heterocycles. The van der Waals surface area contributed by atoms with E-state index in [1.807, 2.05) is 0 Å². The van der Waals surface area contributed by atoms with Gasteiger partial charge < -0.3 is 33.8 Å². The van der Waals surface area contributed by atoms with E-state index in [9.17, 15) is 43.2 Å². The third-order valence-electron chi connectivity index (χ3n) is 18.6. The molecule has 576 valence electrons. The van der Waals surface area contributed by atoms with E-state index < -0.39 is 97.5 Å². The Labute approximate surface area is 594 Å². The highest BCUT2D eigenvalue weighted by atomic mass is 31.2. The number of esters is 4. The lowest BCUT2D eigenvalue weighted by Crippen LogP contribution is -2.30. The Balaban J connectivity index is 5.19. The molecule has 17 nitrogen and oxygen atoms in total. The van der Waals surface area contributed by atoms with Crippen LogP contribution in [-0.4, -0.2) is 96.7 Å². The number of ether oxygens (including phenoxy) is 4. The van der Waals surface area contributed by atoms with Gasteiger partial charge in [0.2, 0.25) is 0 Å². The van der Waals surface area contributed by atoms with E-state index in [1.165, 1.54) is 218 Å². The fourth-order valence-electron chi connectivity index (χ4n) is 12.0. The van der Waals surface area contributed by atoms with E-state index in [0.717, 1.165) is 108 Å². The Morgan fingerprint density at radius 3 is 0.784 bits per heavy atom. The van der Waals surface area contributed by atoms with Crippen molar-refractivity contribution in [3.63, 3.8) is 0 Å². The van der Waals surface area contributed by atoms with Crippen molar-refractivity contribution in [1.82, 2.24) is 0 Å². The van der Waals surface area contributed by atoms with Crippen LogP contribution in [0.15, 0.2) is 0 Å². The van der Waals surface area contributed by atoms with Gasteiger partial charge in [0.15, 0.2) is 12.2 Å². The van der Waals surface area contributed by atoms with Crippen molar-refractivity contribution in [1.29, 1.82) is 0 Å². The zero-order valence-corrected chi connectivity index (χ0v) is 65.2. The molecule has 0 aliphatic carbocycles. The number of hydrogen-bond donors (Lipinski definition) is 3. The summed E-state index contributed by atoms with van der Waals surface area (Å²) in [5.74, 6) is -0.649. The van der Waals surface area contributed by atoms with Crippen LogP contribution in [-0.2, 0) is 65.4 Å². The molecular weight excluding hydrogens is 1270 g/mol. The lowest BCUT2D eigenvalue weighted by atomic mass is 10.00. The maximum absolute atomic E-state index is 13.1. The van der Waals surface area contributed by atoms with Gasteiger partial charge in [-0.3, -0.25) is 37.3 Å². The van der Waals surface area contributed by atoms with Crippen molar-refractivity contribution in [2.45, 2.75) is 426 Å². The maximum atomic E-state index is 13.1. The molecule has 0 rings (SSSR count). The second-order valence-electron chi connectivity index (χ2n) is 28.8. The molecule has 0 aromatic carbocycles. The first-order valence-electron chi connectivity index (χ1n) is 40.5. The quantitative estimate of drug-likeness (QED) is 0.0222. The van der Waals surface area contributed by atoms with Gasteiger partial charge in [-0.2, -0.15) is 0 Å². The molecule has 19 heteroatoms. The number of carbonyl (C=O) groups is 4. The summed E-state index contributed by atoms with van der Waals surface area (Å²) < 4.78 is 68.6. The molecule has 0 saturated heterocycles. The largest absolute Gasteiger partial charge is 0.472 e. The van der Waals surface area contributed by atoms with E-state index in [4.69, 9.17) is 37.0 Å². The second-order valence-corrected chi connectivity index (χ2v) is 31.7. The minimum absolute atomic E-state index is 0.105. The van der Waals surface area contributed by atoms with Crippen LogP contribution in [0.3, 0.4) is 0 Å². The normalized spacial score (nSPS) is 14.2. The van der Waals surface area contributed by atoms with Crippen LogP contribution < -0.4 is 0 Å². The highest BCUT2D eigenvalue weighted by Gasteiger charge is 2.30. The first kappa shape index (κ1) is 95.1. The summed E-state index contributed by atoms with van der Waals surface area (Å²) in [6.07, 6.45) is 58.5. The Morgan fingerprint density at radius 1 is 0.299 bits per heavy atom. The fourth-order valence-corrected chi connectivity index (χ4v) is 13.6. The molecular formula is C78H152O17P2. The summed E-state index contributed by atoms with van der Waals surface area (Å²) in [5.41, 5.74) is 0. The summed E-state index contributed by atoms with van der Waals surface area (Å²) in [4.78, 5) is 72.8. The number of unbranched alkanes of at least 4 members (excludes halogenated alkanes) is 46. The van der Waals surface area contributed by atoms with Gasteiger partial charge in [0, 0.05) is 25.7 Å². The molecule has 0 bridgehead atoms. The zero-order chi connectivity index (χ0) is 71.4. The van der Waals surface area contributed by atoms with Crippen molar-refractivity contribution < 1.29 is 80.2 Å².